The molecule has 1 N–H and O–H groups in total. The van der Waals surface area contributed by atoms with Crippen LogP contribution in [0.2, 0.25) is 0 Å². The highest BCUT2D eigenvalue weighted by Crippen LogP contribution is 2.18. The molecule has 1 aliphatic heterocycles. The lowest BCUT2D eigenvalue weighted by Gasteiger charge is -2.22. The highest BCUT2D eigenvalue weighted by atomic mass is 32.2. The number of ether oxygens (including phenoxy) is 1. The first-order valence-electron chi connectivity index (χ1n) is 7.15. The summed E-state index contributed by atoms with van der Waals surface area (Å²) in [5.41, 5.74) is 1.04. The molecule has 1 saturated heterocycles. The Morgan fingerprint density at radius 1 is 1.43 bits per heavy atom. The Morgan fingerprint density at radius 3 is 2.86 bits per heavy atom. The topological polar surface area (TPSA) is 79.2 Å². The molecule has 0 spiro atoms. The van der Waals surface area contributed by atoms with Gasteiger partial charge in [-0.15, -0.1) is 0 Å². The van der Waals surface area contributed by atoms with Gasteiger partial charge < -0.3 is 4.74 Å². The average molecular weight is 308 g/mol. The van der Waals surface area contributed by atoms with Gasteiger partial charge in [0.05, 0.1) is 22.6 Å². The first-order valence-corrected chi connectivity index (χ1v) is 8.63. The van der Waals surface area contributed by atoms with Gasteiger partial charge in [0.15, 0.2) is 0 Å². The van der Waals surface area contributed by atoms with Crippen LogP contribution >= 0.6 is 0 Å². The maximum Gasteiger partial charge on any atom is 0.240 e. The van der Waals surface area contributed by atoms with Crippen molar-refractivity contribution >= 4 is 10.0 Å². The molecule has 114 valence electrons. The SMILES string of the molecule is Cc1cc(C#N)ccc1S(=O)(=O)NCCC1CCCCO1. The minimum absolute atomic E-state index is 0.156. The summed E-state index contributed by atoms with van der Waals surface area (Å²) in [4.78, 5) is 0.228. The molecule has 1 aromatic carbocycles. The van der Waals surface area contributed by atoms with Gasteiger partial charge in [0.1, 0.15) is 0 Å². The van der Waals surface area contributed by atoms with Crippen molar-refractivity contribution in [2.75, 3.05) is 13.2 Å². The van der Waals surface area contributed by atoms with Crippen LogP contribution in [0.5, 0.6) is 0 Å². The Balaban J connectivity index is 1.96. The van der Waals surface area contributed by atoms with E-state index >= 15 is 0 Å². The monoisotopic (exact) mass is 308 g/mol. The van der Waals surface area contributed by atoms with Crippen molar-refractivity contribution in [1.29, 1.82) is 5.26 Å². The minimum Gasteiger partial charge on any atom is -0.378 e. The van der Waals surface area contributed by atoms with Gasteiger partial charge in [0.2, 0.25) is 10.0 Å². The van der Waals surface area contributed by atoms with Crippen LogP contribution in [0.4, 0.5) is 0 Å². The van der Waals surface area contributed by atoms with Crippen molar-refractivity contribution in [2.24, 2.45) is 0 Å². The van der Waals surface area contributed by atoms with Crippen LogP contribution < -0.4 is 4.72 Å². The molecule has 1 heterocycles. The molecule has 0 radical (unpaired) electrons. The first-order chi connectivity index (χ1) is 10.0. The van der Waals surface area contributed by atoms with Crippen molar-refractivity contribution in [3.8, 4) is 6.07 Å². The maximum absolute atomic E-state index is 12.3. The molecule has 2 rings (SSSR count). The number of benzene rings is 1. The summed E-state index contributed by atoms with van der Waals surface area (Å²) < 4.78 is 32.7. The summed E-state index contributed by atoms with van der Waals surface area (Å²) in [6.07, 6.45) is 4.08. The lowest BCUT2D eigenvalue weighted by Crippen LogP contribution is -2.29. The van der Waals surface area contributed by atoms with E-state index in [0.717, 1.165) is 25.9 Å². The van der Waals surface area contributed by atoms with E-state index in [1.165, 1.54) is 12.1 Å². The van der Waals surface area contributed by atoms with E-state index in [-0.39, 0.29) is 11.0 Å². The van der Waals surface area contributed by atoms with Crippen LogP contribution in [-0.2, 0) is 14.8 Å². The summed E-state index contributed by atoms with van der Waals surface area (Å²) in [6.45, 7) is 2.83. The summed E-state index contributed by atoms with van der Waals surface area (Å²) in [7, 11) is -3.53. The molecule has 0 saturated carbocycles. The Hall–Kier alpha value is -1.42. The van der Waals surface area contributed by atoms with E-state index in [2.05, 4.69) is 4.72 Å². The molecule has 0 bridgehead atoms. The number of aryl methyl sites for hydroxylation is 1. The first kappa shape index (κ1) is 16.0. The molecule has 21 heavy (non-hydrogen) atoms. The molecule has 5 nitrogen and oxygen atoms in total. The van der Waals surface area contributed by atoms with Crippen LogP contribution in [0.15, 0.2) is 23.1 Å². The third kappa shape index (κ3) is 4.27. The number of hydrogen-bond donors (Lipinski definition) is 1. The average Bonchev–Trinajstić information content (AvgIpc) is 2.47. The molecule has 6 heteroatoms. The third-order valence-electron chi connectivity index (χ3n) is 3.63. The quantitative estimate of drug-likeness (QED) is 0.903. The van der Waals surface area contributed by atoms with Crippen LogP contribution in [-0.4, -0.2) is 27.7 Å². The molecule has 1 atom stereocenters. The van der Waals surface area contributed by atoms with E-state index in [0.29, 0.717) is 24.1 Å². The van der Waals surface area contributed by atoms with E-state index in [1.807, 2.05) is 6.07 Å². The molecule has 1 aromatic rings. The van der Waals surface area contributed by atoms with E-state index in [1.54, 1.807) is 13.0 Å². The van der Waals surface area contributed by atoms with Crippen LogP contribution in [0.1, 0.15) is 36.8 Å². The maximum atomic E-state index is 12.3. The van der Waals surface area contributed by atoms with Crippen molar-refractivity contribution < 1.29 is 13.2 Å². The standard InChI is InChI=1S/C15H20N2O3S/c1-12-10-13(11-16)5-6-15(12)21(18,19)17-8-7-14-4-2-3-9-20-14/h5-6,10,14,17H,2-4,7-9H2,1H3. The molecule has 1 fully saturated rings. The van der Waals surface area contributed by atoms with Crippen molar-refractivity contribution in [3.05, 3.63) is 29.3 Å². The highest BCUT2D eigenvalue weighted by molar-refractivity contribution is 7.89. The van der Waals surface area contributed by atoms with Crippen molar-refractivity contribution in [3.63, 3.8) is 0 Å². The van der Waals surface area contributed by atoms with Crippen LogP contribution in [0.3, 0.4) is 0 Å². The zero-order chi connectivity index (χ0) is 15.3. The van der Waals surface area contributed by atoms with Gasteiger partial charge in [-0.25, -0.2) is 13.1 Å². The highest BCUT2D eigenvalue weighted by Gasteiger charge is 2.18. The van der Waals surface area contributed by atoms with Crippen LogP contribution in [0, 0.1) is 18.3 Å². The lowest BCUT2D eigenvalue weighted by molar-refractivity contribution is 0.0123. The van der Waals surface area contributed by atoms with Crippen molar-refractivity contribution in [1.82, 2.24) is 4.72 Å². The van der Waals surface area contributed by atoms with Gasteiger partial charge in [0, 0.05) is 13.2 Å². The van der Waals surface area contributed by atoms with Gasteiger partial charge in [-0.3, -0.25) is 0 Å². The Labute approximate surface area is 126 Å². The lowest BCUT2D eigenvalue weighted by atomic mass is 10.1. The molecule has 0 aliphatic carbocycles. The molecular formula is C15H20N2O3S. The fraction of sp³-hybridized carbons (Fsp3) is 0.533. The Bertz CT molecular complexity index is 629. The normalized spacial score (nSPS) is 19.1. The van der Waals surface area contributed by atoms with Gasteiger partial charge in [-0.05, 0) is 56.4 Å². The van der Waals surface area contributed by atoms with Gasteiger partial charge in [-0.2, -0.15) is 5.26 Å². The summed E-state index contributed by atoms with van der Waals surface area (Å²) in [5.74, 6) is 0. The third-order valence-corrected chi connectivity index (χ3v) is 5.25. The summed E-state index contributed by atoms with van der Waals surface area (Å²) in [6, 6.07) is 6.58. The predicted octanol–water partition coefficient (Wildman–Crippen LogP) is 2.10. The zero-order valence-corrected chi connectivity index (χ0v) is 12.9. The molecule has 0 amide bonds. The second kappa shape index (κ2) is 7.03. The molecule has 1 unspecified atom stereocenters. The van der Waals surface area contributed by atoms with Gasteiger partial charge in [0.25, 0.3) is 0 Å². The molecule has 1 aliphatic rings. The van der Waals surface area contributed by atoms with Gasteiger partial charge in [-0.1, -0.05) is 0 Å². The fourth-order valence-electron chi connectivity index (χ4n) is 2.49. The second-order valence-corrected chi connectivity index (χ2v) is 7.00. The number of nitriles is 1. The Morgan fingerprint density at radius 2 is 2.24 bits per heavy atom. The number of nitrogens with one attached hydrogen (secondary N) is 1. The minimum atomic E-state index is -3.53. The van der Waals surface area contributed by atoms with E-state index < -0.39 is 10.0 Å². The van der Waals surface area contributed by atoms with Crippen molar-refractivity contribution in [2.45, 2.75) is 43.6 Å². The number of hydrogen-bond acceptors (Lipinski definition) is 4. The van der Waals surface area contributed by atoms with Gasteiger partial charge >= 0.3 is 0 Å². The molecule has 0 aromatic heterocycles. The number of nitrogens with zero attached hydrogens (tertiary/aromatic N) is 1. The zero-order valence-electron chi connectivity index (χ0n) is 12.1. The number of sulfonamides is 1. The largest absolute Gasteiger partial charge is 0.378 e. The Kier molecular flexibility index (Phi) is 5.34. The number of rotatable bonds is 5. The van der Waals surface area contributed by atoms with E-state index in [4.69, 9.17) is 10.00 Å². The summed E-state index contributed by atoms with van der Waals surface area (Å²) >= 11 is 0. The van der Waals surface area contributed by atoms with E-state index in [9.17, 15) is 8.42 Å². The fourth-order valence-corrected chi connectivity index (χ4v) is 3.76. The second-order valence-electron chi connectivity index (χ2n) is 5.27. The van der Waals surface area contributed by atoms with Crippen LogP contribution in [0.25, 0.3) is 0 Å². The molecular weight excluding hydrogens is 288 g/mol. The smallest absolute Gasteiger partial charge is 0.240 e. The summed E-state index contributed by atoms with van der Waals surface area (Å²) in [5, 5.41) is 8.81. The predicted molar refractivity (Wildman–Crippen MR) is 79.3 cm³/mol.